The average molecular weight is 362 g/mol. The van der Waals surface area contributed by atoms with Crippen LogP contribution in [0.15, 0.2) is 12.2 Å². The van der Waals surface area contributed by atoms with Crippen LogP contribution in [0.3, 0.4) is 0 Å². The van der Waals surface area contributed by atoms with Gasteiger partial charge in [-0.05, 0) is 6.92 Å². The van der Waals surface area contributed by atoms with Gasteiger partial charge in [0, 0.05) is 5.57 Å². The van der Waals surface area contributed by atoms with Crippen LogP contribution in [-0.4, -0.2) is 50.6 Å². The van der Waals surface area contributed by atoms with Crippen LogP contribution in [0.1, 0.15) is 13.3 Å². The van der Waals surface area contributed by atoms with Gasteiger partial charge >= 0.3 is 27.4 Å². The highest BCUT2D eigenvalue weighted by atomic mass is 31.2. The molecule has 1 atom stereocenters. The molecule has 128 valence electrons. The third-order valence-corrected chi connectivity index (χ3v) is 3.61. The van der Waals surface area contributed by atoms with Crippen molar-refractivity contribution < 1.29 is 52.3 Å². The molecule has 0 saturated carbocycles. The smallest absolute Gasteiger partial charge is 0.462 e. The van der Waals surface area contributed by atoms with Crippen LogP contribution >= 0.6 is 15.4 Å². The summed E-state index contributed by atoms with van der Waals surface area (Å²) in [7, 11) is -10.3. The first-order valence-electron chi connectivity index (χ1n) is 5.60. The Morgan fingerprint density at radius 2 is 1.68 bits per heavy atom. The van der Waals surface area contributed by atoms with Crippen LogP contribution in [0.2, 0.25) is 0 Å². The summed E-state index contributed by atoms with van der Waals surface area (Å²) in [6.07, 6.45) is -0.428. The summed E-state index contributed by atoms with van der Waals surface area (Å²) in [5, 5.41) is 0. The van der Waals surface area contributed by atoms with E-state index in [4.69, 9.17) is 19.6 Å². The third-order valence-electron chi connectivity index (χ3n) is 1.91. The van der Waals surface area contributed by atoms with Gasteiger partial charge in [0.25, 0.3) is 0 Å². The van der Waals surface area contributed by atoms with Gasteiger partial charge in [-0.2, -0.15) is 0 Å². The quantitative estimate of drug-likeness (QED) is 0.239. The van der Waals surface area contributed by atoms with Crippen molar-refractivity contribution in [3.63, 3.8) is 0 Å². The molecule has 13 heteroatoms. The zero-order valence-electron chi connectivity index (χ0n) is 11.4. The highest BCUT2D eigenvalue weighted by molar-refractivity contribution is 7.53. The first-order chi connectivity index (χ1) is 9.83. The zero-order chi connectivity index (χ0) is 17.6. The number of rotatable bonds is 9. The maximum absolute atomic E-state index is 11.3. The van der Waals surface area contributed by atoms with Gasteiger partial charge in [0.2, 0.25) is 5.85 Å². The molecular weight excluding hydrogens is 346 g/mol. The van der Waals surface area contributed by atoms with Crippen LogP contribution in [0.5, 0.6) is 0 Å². The highest BCUT2D eigenvalue weighted by Crippen LogP contribution is 2.50. The predicted octanol–water partition coefficient (Wildman–Crippen LogP) is -0.348. The second-order valence-corrected chi connectivity index (χ2v) is 6.94. The van der Waals surface area contributed by atoms with Gasteiger partial charge in [-0.25, -0.2) is 9.36 Å². The van der Waals surface area contributed by atoms with Crippen LogP contribution in [0, 0.1) is 0 Å². The lowest BCUT2D eigenvalue weighted by atomic mass is 10.4. The standard InChI is InChI=1S/C9H16O11P2/c1-6(2)9(11)18-4-3-7(10)19-5-8(21(12,13)14)20-22(15,16)17/h8H,1,3-5H2,2H3,(H2,12,13,14)(H2,15,16,17). The molecule has 0 heterocycles. The van der Waals surface area contributed by atoms with Crippen LogP contribution in [0.4, 0.5) is 0 Å². The van der Waals surface area contributed by atoms with Crippen molar-refractivity contribution in [3.05, 3.63) is 12.2 Å². The van der Waals surface area contributed by atoms with Gasteiger partial charge in [0.05, 0.1) is 6.42 Å². The Kier molecular flexibility index (Phi) is 8.13. The Bertz CT molecular complexity index is 516. The Hall–Kier alpha value is -1.06. The van der Waals surface area contributed by atoms with Gasteiger partial charge in [-0.1, -0.05) is 6.58 Å². The molecule has 11 nitrogen and oxygen atoms in total. The van der Waals surface area contributed by atoms with Crippen LogP contribution in [-0.2, 0) is 32.7 Å². The first-order valence-corrected chi connectivity index (χ1v) is 8.81. The number of carbonyl (C=O) groups excluding carboxylic acids is 2. The molecule has 0 rings (SSSR count). The molecule has 0 aliphatic rings. The summed E-state index contributed by atoms with van der Waals surface area (Å²) in [5.74, 6) is -4.05. The van der Waals surface area contributed by atoms with Gasteiger partial charge in [0.15, 0.2) is 0 Å². The van der Waals surface area contributed by atoms with Crippen molar-refractivity contribution in [1.29, 1.82) is 0 Å². The molecule has 0 aromatic heterocycles. The van der Waals surface area contributed by atoms with Crippen LogP contribution in [0.25, 0.3) is 0 Å². The van der Waals surface area contributed by atoms with E-state index in [2.05, 4.69) is 20.6 Å². The average Bonchev–Trinajstić information content (AvgIpc) is 2.31. The van der Waals surface area contributed by atoms with Gasteiger partial charge < -0.3 is 29.0 Å². The lowest BCUT2D eigenvalue weighted by molar-refractivity contribution is -0.148. The zero-order valence-corrected chi connectivity index (χ0v) is 13.2. The monoisotopic (exact) mass is 362 g/mol. The normalized spacial score (nSPS) is 13.3. The van der Waals surface area contributed by atoms with Crippen molar-refractivity contribution in [2.24, 2.45) is 0 Å². The second-order valence-electron chi connectivity index (χ2n) is 3.99. The van der Waals surface area contributed by atoms with Crippen molar-refractivity contribution in [2.75, 3.05) is 13.2 Å². The van der Waals surface area contributed by atoms with Gasteiger partial charge in [-0.3, -0.25) is 13.9 Å². The molecule has 0 saturated heterocycles. The molecule has 0 bridgehead atoms. The van der Waals surface area contributed by atoms with E-state index >= 15 is 0 Å². The molecule has 0 radical (unpaired) electrons. The number of ether oxygens (including phenoxy) is 2. The molecule has 0 aliphatic carbocycles. The first kappa shape index (κ1) is 20.9. The molecule has 0 aromatic rings. The number of hydrogen-bond acceptors (Lipinski definition) is 7. The van der Waals surface area contributed by atoms with Crippen molar-refractivity contribution in [1.82, 2.24) is 0 Å². The number of phosphoric ester groups is 1. The van der Waals surface area contributed by atoms with E-state index in [1.807, 2.05) is 0 Å². The molecule has 22 heavy (non-hydrogen) atoms. The number of phosphoric acid groups is 1. The van der Waals surface area contributed by atoms with Crippen LogP contribution < -0.4 is 0 Å². The Balaban J connectivity index is 4.34. The summed E-state index contributed by atoms with van der Waals surface area (Å²) in [5.41, 5.74) is 0.116. The van der Waals surface area contributed by atoms with E-state index in [0.717, 1.165) is 0 Å². The second kappa shape index (κ2) is 8.54. The molecule has 0 aliphatic heterocycles. The fourth-order valence-corrected chi connectivity index (χ4v) is 2.44. The Labute approximate surface area is 125 Å². The van der Waals surface area contributed by atoms with Crippen molar-refractivity contribution in [3.8, 4) is 0 Å². The molecule has 1 unspecified atom stereocenters. The molecule has 0 spiro atoms. The van der Waals surface area contributed by atoms with Gasteiger partial charge in [0.1, 0.15) is 13.2 Å². The maximum Gasteiger partial charge on any atom is 0.470 e. The van der Waals surface area contributed by atoms with Crippen molar-refractivity contribution in [2.45, 2.75) is 19.2 Å². The van der Waals surface area contributed by atoms with E-state index in [0.29, 0.717) is 0 Å². The summed E-state index contributed by atoms with van der Waals surface area (Å²) < 4.78 is 34.4. The van der Waals surface area contributed by atoms with E-state index in [-0.39, 0.29) is 12.2 Å². The molecule has 0 fully saturated rings. The SMILES string of the molecule is C=C(C)C(=O)OCCC(=O)OCC(OP(=O)(O)O)P(=O)(O)O. The third kappa shape index (κ3) is 9.80. The Morgan fingerprint density at radius 1 is 1.14 bits per heavy atom. The summed E-state index contributed by atoms with van der Waals surface area (Å²) >= 11 is 0. The van der Waals surface area contributed by atoms with Gasteiger partial charge in [-0.15, -0.1) is 0 Å². The minimum Gasteiger partial charge on any atom is -0.462 e. The topological polar surface area (TPSA) is 177 Å². The van der Waals surface area contributed by atoms with E-state index in [1.165, 1.54) is 6.92 Å². The lowest BCUT2D eigenvalue weighted by Gasteiger charge is -2.19. The minimum absolute atomic E-state index is 0.116. The van der Waals surface area contributed by atoms with E-state index < -0.39 is 46.2 Å². The minimum atomic E-state index is -5.19. The summed E-state index contributed by atoms with van der Waals surface area (Å²) in [6, 6.07) is 0. The van der Waals surface area contributed by atoms with Crippen molar-refractivity contribution >= 4 is 27.4 Å². The molecule has 0 aromatic carbocycles. The highest BCUT2D eigenvalue weighted by Gasteiger charge is 2.37. The lowest BCUT2D eigenvalue weighted by Crippen LogP contribution is -2.22. The predicted molar refractivity (Wildman–Crippen MR) is 70.3 cm³/mol. The molecular formula is C9H16O11P2. The fraction of sp³-hybridized carbons (Fsp3) is 0.556. The fourth-order valence-electron chi connectivity index (χ4n) is 0.934. The Morgan fingerprint density at radius 3 is 2.09 bits per heavy atom. The number of carbonyl (C=O) groups is 2. The van der Waals surface area contributed by atoms with E-state index in [9.17, 15) is 18.7 Å². The number of esters is 2. The van der Waals surface area contributed by atoms with E-state index in [1.54, 1.807) is 0 Å². The molecule has 4 N–H and O–H groups in total. The molecule has 0 amide bonds. The number of hydrogen-bond donors (Lipinski definition) is 4. The largest absolute Gasteiger partial charge is 0.470 e. The summed E-state index contributed by atoms with van der Waals surface area (Å²) in [4.78, 5) is 56.9. The maximum atomic E-state index is 11.3. The summed E-state index contributed by atoms with van der Waals surface area (Å²) in [6.45, 7) is 3.26.